The second kappa shape index (κ2) is 3.27. The minimum Gasteiger partial charge on any atom is -0.477 e. The Bertz CT molecular complexity index is 750. The number of carbonyl (C=O) groups is 1. The molecule has 0 atom stereocenters. The molecule has 4 heteroatoms. The first kappa shape index (κ1) is 9.75. The predicted octanol–water partition coefficient (Wildman–Crippen LogP) is -0.0439. The van der Waals surface area contributed by atoms with Crippen molar-refractivity contribution < 1.29 is 14.7 Å². The molecule has 0 unspecified atom stereocenters. The van der Waals surface area contributed by atoms with E-state index in [9.17, 15) is 4.79 Å². The van der Waals surface area contributed by atoms with Crippen molar-refractivity contribution in [3.63, 3.8) is 0 Å². The molecule has 3 rings (SSSR count). The Morgan fingerprint density at radius 2 is 2.24 bits per heavy atom. The number of benzene rings is 1. The second-order valence-corrected chi connectivity index (χ2v) is 4.02. The molecule has 0 amide bonds. The van der Waals surface area contributed by atoms with Crippen molar-refractivity contribution in [3.8, 4) is 0 Å². The fraction of sp³-hybridized carbons (Fsp3) is 0.0769. The van der Waals surface area contributed by atoms with E-state index in [-0.39, 0.29) is 11.3 Å². The standard InChI is InChI=1S/C13H8N2O2/c14-15-11-6-10-8-3-1-2-7(8)4-5-9(10)12(11)13(16)17/h1-5H,6H2,(H,16,17). The lowest BCUT2D eigenvalue weighted by atomic mass is 10.0. The monoisotopic (exact) mass is 224 g/mol. The van der Waals surface area contributed by atoms with Crippen molar-refractivity contribution in [2.24, 2.45) is 0 Å². The number of hydrogen-bond donors (Lipinski definition) is 1. The van der Waals surface area contributed by atoms with Gasteiger partial charge in [0.05, 0.1) is 6.42 Å². The summed E-state index contributed by atoms with van der Waals surface area (Å²) in [7, 11) is 0. The van der Waals surface area contributed by atoms with Crippen LogP contribution in [0.4, 0.5) is 0 Å². The third-order valence-corrected chi connectivity index (χ3v) is 3.17. The molecule has 4 nitrogen and oxygen atoms in total. The molecule has 1 aromatic rings. The summed E-state index contributed by atoms with van der Waals surface area (Å²) < 4.78 is 0. The van der Waals surface area contributed by atoms with Gasteiger partial charge in [0.2, 0.25) is 0 Å². The van der Waals surface area contributed by atoms with Crippen molar-refractivity contribution in [1.82, 2.24) is 0 Å². The summed E-state index contributed by atoms with van der Waals surface area (Å²) in [5, 5.41) is 10.9. The lowest BCUT2D eigenvalue weighted by Crippen LogP contribution is -2.18. The zero-order valence-corrected chi connectivity index (χ0v) is 8.84. The largest absolute Gasteiger partial charge is 0.477 e. The molecule has 0 saturated heterocycles. The van der Waals surface area contributed by atoms with E-state index < -0.39 is 5.97 Å². The van der Waals surface area contributed by atoms with Gasteiger partial charge in [-0.25, -0.2) is 4.79 Å². The van der Waals surface area contributed by atoms with Gasteiger partial charge in [0.15, 0.2) is 5.57 Å². The highest BCUT2D eigenvalue weighted by molar-refractivity contribution is 6.40. The van der Waals surface area contributed by atoms with Gasteiger partial charge in [-0.1, -0.05) is 30.4 Å². The van der Waals surface area contributed by atoms with E-state index >= 15 is 0 Å². The maximum Gasteiger partial charge on any atom is 0.344 e. The molecule has 0 saturated carbocycles. The summed E-state index contributed by atoms with van der Waals surface area (Å²) in [4.78, 5) is 14.3. The Morgan fingerprint density at radius 1 is 1.41 bits per heavy atom. The Morgan fingerprint density at radius 3 is 2.94 bits per heavy atom. The molecule has 1 aromatic carbocycles. The third kappa shape index (κ3) is 1.22. The van der Waals surface area contributed by atoms with Crippen LogP contribution in [-0.2, 0) is 11.2 Å². The first-order valence-electron chi connectivity index (χ1n) is 5.21. The molecule has 2 aliphatic rings. The van der Waals surface area contributed by atoms with Crippen LogP contribution < -0.4 is 10.4 Å². The van der Waals surface area contributed by atoms with Crippen LogP contribution in [0.25, 0.3) is 23.3 Å². The third-order valence-electron chi connectivity index (χ3n) is 3.17. The molecule has 0 aliphatic heterocycles. The van der Waals surface area contributed by atoms with Gasteiger partial charge in [0.1, 0.15) is 0 Å². The van der Waals surface area contributed by atoms with E-state index in [4.69, 9.17) is 10.6 Å². The van der Waals surface area contributed by atoms with Gasteiger partial charge in [0.25, 0.3) is 0 Å². The van der Waals surface area contributed by atoms with Gasteiger partial charge in [-0.15, -0.1) is 0 Å². The fourth-order valence-corrected chi connectivity index (χ4v) is 2.43. The van der Waals surface area contributed by atoms with E-state index in [0.717, 1.165) is 16.3 Å². The molecule has 0 fully saturated rings. The molecule has 0 radical (unpaired) electrons. The number of aliphatic carboxylic acids is 1. The van der Waals surface area contributed by atoms with Gasteiger partial charge in [-0.05, 0) is 16.3 Å². The molecule has 2 aliphatic carbocycles. The minimum absolute atomic E-state index is 0.102. The van der Waals surface area contributed by atoms with Crippen molar-refractivity contribution in [3.05, 3.63) is 45.3 Å². The first-order valence-corrected chi connectivity index (χ1v) is 5.21. The molecule has 17 heavy (non-hydrogen) atoms. The molecule has 0 bridgehead atoms. The van der Waals surface area contributed by atoms with Gasteiger partial charge in [0, 0.05) is 5.22 Å². The quantitative estimate of drug-likeness (QED) is 0.536. The zero-order valence-electron chi connectivity index (χ0n) is 8.84. The molecular formula is C13H8N2O2. The summed E-state index contributed by atoms with van der Waals surface area (Å²) in [6.07, 6.45) is 6.23. The summed E-state index contributed by atoms with van der Waals surface area (Å²) in [6.45, 7) is 0. The molecule has 0 heterocycles. The maximum atomic E-state index is 11.2. The highest BCUT2D eigenvalue weighted by Gasteiger charge is 2.32. The Labute approximate surface area is 96.4 Å². The first-order chi connectivity index (χ1) is 8.22. The number of allylic oxidation sites excluding steroid dienone is 1. The summed E-state index contributed by atoms with van der Waals surface area (Å²) in [5.41, 5.74) is 11.2. The second-order valence-electron chi connectivity index (χ2n) is 4.02. The SMILES string of the molecule is [N-]=[N+]=C1Cc2c3c(ccc2=C1C(=O)O)=CC=C3. The number of fused-ring (bicyclic) bond motifs is 3. The van der Waals surface area contributed by atoms with Gasteiger partial charge in [-0.3, -0.25) is 0 Å². The van der Waals surface area contributed by atoms with Crippen molar-refractivity contribution in [1.29, 1.82) is 0 Å². The number of nitrogens with zero attached hydrogens (tertiary/aromatic N) is 2. The van der Waals surface area contributed by atoms with Gasteiger partial charge < -0.3 is 10.6 Å². The lowest BCUT2D eigenvalue weighted by molar-refractivity contribution is -0.130. The van der Waals surface area contributed by atoms with Crippen molar-refractivity contribution >= 4 is 29.4 Å². The van der Waals surface area contributed by atoms with Crippen LogP contribution in [0.1, 0.15) is 11.1 Å². The lowest BCUT2D eigenvalue weighted by Gasteiger charge is -1.98. The van der Waals surface area contributed by atoms with E-state index in [0.29, 0.717) is 11.6 Å². The number of carboxylic acids is 1. The molecular weight excluding hydrogens is 216 g/mol. The Balaban J connectivity index is 2.47. The molecule has 1 N–H and O–H groups in total. The van der Waals surface area contributed by atoms with Crippen molar-refractivity contribution in [2.45, 2.75) is 6.42 Å². The average molecular weight is 224 g/mol. The number of hydrogen-bond acceptors (Lipinski definition) is 1. The zero-order chi connectivity index (χ0) is 12.0. The van der Waals surface area contributed by atoms with Crippen LogP contribution >= 0.6 is 0 Å². The summed E-state index contributed by atoms with van der Waals surface area (Å²) >= 11 is 0. The molecule has 82 valence electrons. The van der Waals surface area contributed by atoms with E-state index in [1.54, 1.807) is 6.07 Å². The van der Waals surface area contributed by atoms with Crippen LogP contribution in [0.3, 0.4) is 0 Å². The van der Waals surface area contributed by atoms with E-state index in [1.165, 1.54) is 0 Å². The van der Waals surface area contributed by atoms with Crippen LogP contribution in [0.5, 0.6) is 0 Å². The normalized spacial score (nSPS) is 15.3. The summed E-state index contributed by atoms with van der Waals surface area (Å²) in [5.74, 6) is -1.05. The van der Waals surface area contributed by atoms with Gasteiger partial charge in [-0.2, -0.15) is 4.79 Å². The summed E-state index contributed by atoms with van der Waals surface area (Å²) in [6, 6.07) is 3.66. The Hall–Kier alpha value is -2.45. The van der Waals surface area contributed by atoms with Crippen molar-refractivity contribution in [2.75, 3.05) is 0 Å². The highest BCUT2D eigenvalue weighted by Crippen LogP contribution is 2.16. The minimum atomic E-state index is -1.05. The smallest absolute Gasteiger partial charge is 0.344 e. The Kier molecular flexibility index (Phi) is 1.88. The van der Waals surface area contributed by atoms with Crippen LogP contribution in [0.15, 0.2) is 18.2 Å². The highest BCUT2D eigenvalue weighted by atomic mass is 16.4. The predicted molar refractivity (Wildman–Crippen MR) is 62.6 cm³/mol. The fourth-order valence-electron chi connectivity index (χ4n) is 2.43. The molecule has 0 aromatic heterocycles. The number of rotatable bonds is 1. The maximum absolute atomic E-state index is 11.2. The number of carboxylic acid groups (broad SMARTS) is 1. The van der Waals surface area contributed by atoms with Crippen LogP contribution in [0, 0.1) is 0 Å². The van der Waals surface area contributed by atoms with E-state index in [1.807, 2.05) is 24.3 Å². The topological polar surface area (TPSA) is 73.7 Å². The van der Waals surface area contributed by atoms with Crippen LogP contribution in [0.2, 0.25) is 0 Å². The van der Waals surface area contributed by atoms with Crippen LogP contribution in [-0.4, -0.2) is 21.6 Å². The van der Waals surface area contributed by atoms with Gasteiger partial charge >= 0.3 is 11.7 Å². The molecule has 0 spiro atoms. The average Bonchev–Trinajstić information content (AvgIpc) is 2.91. The van der Waals surface area contributed by atoms with E-state index in [2.05, 4.69) is 4.79 Å².